The Morgan fingerprint density at radius 2 is 1.65 bits per heavy atom. The number of rotatable bonds is 3. The van der Waals surface area contributed by atoms with E-state index in [0.29, 0.717) is 12.8 Å². The fourth-order valence-corrected chi connectivity index (χ4v) is 1.14. The third-order valence-corrected chi connectivity index (χ3v) is 3.04. The van der Waals surface area contributed by atoms with Crippen LogP contribution in [-0.2, 0) is 4.79 Å². The first-order valence-corrected chi connectivity index (χ1v) is 6.34. The summed E-state index contributed by atoms with van der Waals surface area (Å²) in [5.74, 6) is -5.03. The van der Waals surface area contributed by atoms with Gasteiger partial charge in [-0.15, -0.1) is 0 Å². The Bertz CT molecular complexity index is 255. The van der Waals surface area contributed by atoms with E-state index in [1.807, 2.05) is 34.6 Å². The molecule has 17 heavy (non-hydrogen) atoms. The van der Waals surface area contributed by atoms with E-state index in [1.54, 1.807) is 6.92 Å². The lowest BCUT2D eigenvalue weighted by Crippen LogP contribution is -2.49. The first kappa shape index (κ1) is 16.3. The van der Waals surface area contributed by atoms with Gasteiger partial charge in [0, 0.05) is 12.0 Å². The quantitative estimate of drug-likeness (QED) is 0.813. The Morgan fingerprint density at radius 3 is 1.94 bits per heavy atom. The molecule has 1 amide bonds. The molecule has 0 aromatic carbocycles. The number of carbonyl (C=O) groups excluding carboxylic acids is 1. The zero-order chi connectivity index (χ0) is 13.9. The van der Waals surface area contributed by atoms with Crippen LogP contribution in [0.5, 0.6) is 0 Å². The molecule has 0 saturated heterocycles. The molecular formula is C13H25F2NO. The molecule has 1 N–H and O–H groups in total. The molecule has 1 saturated carbocycles. The van der Waals surface area contributed by atoms with Gasteiger partial charge >= 0.3 is 5.92 Å². The van der Waals surface area contributed by atoms with Crippen LogP contribution in [0.1, 0.15) is 54.4 Å². The van der Waals surface area contributed by atoms with Crippen molar-refractivity contribution in [2.24, 2.45) is 11.3 Å². The maximum Gasteiger partial charge on any atom is 0.327 e. The van der Waals surface area contributed by atoms with Gasteiger partial charge in [0.2, 0.25) is 0 Å². The Hall–Kier alpha value is -0.670. The second-order valence-electron chi connectivity index (χ2n) is 5.46. The summed E-state index contributed by atoms with van der Waals surface area (Å²) in [7, 11) is 0. The van der Waals surface area contributed by atoms with Crippen LogP contribution in [0.15, 0.2) is 0 Å². The zero-order valence-corrected chi connectivity index (χ0v) is 11.7. The number of amides is 1. The minimum atomic E-state index is -3.18. The number of carbonyl (C=O) groups is 1. The standard InChI is InChI=1S/C11H19F2NO.C2H6/c1-7(10(2,3)4)14-9(15)11(12,13)8-5-6-8;1-2/h7-8H,5-6H2,1-4H3,(H,14,15);1-2H3. The number of hydrogen-bond acceptors (Lipinski definition) is 1. The van der Waals surface area contributed by atoms with Crippen molar-refractivity contribution in [3.8, 4) is 0 Å². The summed E-state index contributed by atoms with van der Waals surface area (Å²) in [5, 5.41) is 2.39. The third-order valence-electron chi connectivity index (χ3n) is 3.04. The van der Waals surface area contributed by atoms with Gasteiger partial charge in [-0.25, -0.2) is 0 Å². The Labute approximate surface area is 103 Å². The SMILES string of the molecule is CC.CC(NC(=O)C(F)(F)C1CC1)C(C)(C)C. The molecular weight excluding hydrogens is 224 g/mol. The summed E-state index contributed by atoms with van der Waals surface area (Å²) in [5.41, 5.74) is -0.199. The van der Waals surface area contributed by atoms with Crippen LogP contribution in [0.25, 0.3) is 0 Å². The van der Waals surface area contributed by atoms with Crippen LogP contribution in [0, 0.1) is 11.3 Å². The van der Waals surface area contributed by atoms with E-state index in [-0.39, 0.29) is 11.5 Å². The topological polar surface area (TPSA) is 29.1 Å². The summed E-state index contributed by atoms with van der Waals surface area (Å²) in [4.78, 5) is 11.3. The van der Waals surface area contributed by atoms with Gasteiger partial charge in [0.1, 0.15) is 0 Å². The van der Waals surface area contributed by atoms with Gasteiger partial charge in [-0.1, -0.05) is 34.6 Å². The maximum atomic E-state index is 13.3. The predicted octanol–water partition coefficient (Wildman–Crippen LogP) is 3.61. The average Bonchev–Trinajstić information content (AvgIpc) is 3.02. The number of hydrogen-bond donors (Lipinski definition) is 1. The van der Waals surface area contributed by atoms with Crippen molar-refractivity contribution < 1.29 is 13.6 Å². The molecule has 1 fully saturated rings. The highest BCUT2D eigenvalue weighted by molar-refractivity contribution is 5.84. The van der Waals surface area contributed by atoms with Gasteiger partial charge in [-0.2, -0.15) is 8.78 Å². The fraction of sp³-hybridized carbons (Fsp3) is 0.923. The van der Waals surface area contributed by atoms with Gasteiger partial charge in [0.05, 0.1) is 0 Å². The van der Waals surface area contributed by atoms with E-state index < -0.39 is 17.7 Å². The Balaban J connectivity index is 0.00000121. The lowest BCUT2D eigenvalue weighted by atomic mass is 9.88. The molecule has 0 bridgehead atoms. The Morgan fingerprint density at radius 1 is 1.24 bits per heavy atom. The highest BCUT2D eigenvalue weighted by atomic mass is 19.3. The van der Waals surface area contributed by atoms with Gasteiger partial charge < -0.3 is 5.32 Å². The predicted molar refractivity (Wildman–Crippen MR) is 66.1 cm³/mol. The molecule has 2 nitrogen and oxygen atoms in total. The normalized spacial score (nSPS) is 17.9. The van der Waals surface area contributed by atoms with Gasteiger partial charge in [0.15, 0.2) is 0 Å². The maximum absolute atomic E-state index is 13.3. The van der Waals surface area contributed by atoms with Crippen LogP contribution in [0.2, 0.25) is 0 Å². The lowest BCUT2D eigenvalue weighted by molar-refractivity contribution is -0.150. The zero-order valence-electron chi connectivity index (χ0n) is 11.7. The Kier molecular flexibility index (Phi) is 5.56. The molecule has 4 heteroatoms. The first-order valence-electron chi connectivity index (χ1n) is 6.34. The highest BCUT2D eigenvalue weighted by Gasteiger charge is 2.53. The molecule has 0 radical (unpaired) electrons. The minimum absolute atomic E-state index is 0.199. The third kappa shape index (κ3) is 4.60. The largest absolute Gasteiger partial charge is 0.348 e. The van der Waals surface area contributed by atoms with Gasteiger partial charge in [-0.05, 0) is 25.2 Å². The first-order chi connectivity index (χ1) is 7.65. The molecule has 0 aromatic heterocycles. The van der Waals surface area contributed by atoms with Gasteiger partial charge in [0.25, 0.3) is 5.91 Å². The summed E-state index contributed by atoms with van der Waals surface area (Å²) < 4.78 is 26.7. The van der Waals surface area contributed by atoms with Crippen LogP contribution >= 0.6 is 0 Å². The molecule has 1 aliphatic carbocycles. The number of halogens is 2. The van der Waals surface area contributed by atoms with Crippen LogP contribution < -0.4 is 5.32 Å². The van der Waals surface area contributed by atoms with Crippen molar-refractivity contribution in [1.82, 2.24) is 5.32 Å². The summed E-state index contributed by atoms with van der Waals surface area (Å²) >= 11 is 0. The van der Waals surface area contributed by atoms with E-state index in [2.05, 4.69) is 5.32 Å². The van der Waals surface area contributed by atoms with E-state index in [4.69, 9.17) is 0 Å². The molecule has 0 spiro atoms. The van der Waals surface area contributed by atoms with E-state index in [0.717, 1.165) is 0 Å². The summed E-state index contributed by atoms with van der Waals surface area (Å²) in [6.07, 6.45) is 0.925. The average molecular weight is 249 g/mol. The lowest BCUT2D eigenvalue weighted by Gasteiger charge is -2.29. The van der Waals surface area contributed by atoms with Gasteiger partial charge in [-0.3, -0.25) is 4.79 Å². The highest BCUT2D eigenvalue weighted by Crippen LogP contribution is 2.43. The van der Waals surface area contributed by atoms with Crippen molar-refractivity contribution in [2.75, 3.05) is 0 Å². The molecule has 1 aliphatic rings. The van der Waals surface area contributed by atoms with Crippen molar-refractivity contribution in [3.63, 3.8) is 0 Å². The molecule has 1 atom stereocenters. The molecule has 0 heterocycles. The summed E-state index contributed by atoms with van der Waals surface area (Å²) in [6.45, 7) is 11.5. The number of alkyl halides is 2. The number of nitrogens with one attached hydrogen (secondary N) is 1. The van der Waals surface area contributed by atoms with E-state index in [9.17, 15) is 13.6 Å². The smallest absolute Gasteiger partial charge is 0.327 e. The van der Waals surface area contributed by atoms with E-state index >= 15 is 0 Å². The van der Waals surface area contributed by atoms with Crippen molar-refractivity contribution in [1.29, 1.82) is 0 Å². The fourth-order valence-electron chi connectivity index (χ4n) is 1.14. The molecule has 1 rings (SSSR count). The van der Waals surface area contributed by atoms with Crippen molar-refractivity contribution in [2.45, 2.75) is 66.3 Å². The summed E-state index contributed by atoms with van der Waals surface area (Å²) in [6, 6.07) is -0.255. The van der Waals surface area contributed by atoms with Crippen molar-refractivity contribution in [3.05, 3.63) is 0 Å². The van der Waals surface area contributed by atoms with Crippen LogP contribution in [0.4, 0.5) is 8.78 Å². The second-order valence-corrected chi connectivity index (χ2v) is 5.46. The minimum Gasteiger partial charge on any atom is -0.348 e. The second kappa shape index (κ2) is 5.78. The monoisotopic (exact) mass is 249 g/mol. The molecule has 0 aromatic rings. The van der Waals surface area contributed by atoms with E-state index in [1.165, 1.54) is 0 Å². The molecule has 0 aliphatic heterocycles. The van der Waals surface area contributed by atoms with Crippen molar-refractivity contribution >= 4 is 5.91 Å². The molecule has 102 valence electrons. The molecule has 1 unspecified atom stereocenters. The van der Waals surface area contributed by atoms with Crippen LogP contribution in [0.3, 0.4) is 0 Å². The van der Waals surface area contributed by atoms with Crippen LogP contribution in [-0.4, -0.2) is 17.9 Å².